The van der Waals surface area contributed by atoms with Crippen LogP contribution in [0.1, 0.15) is 16.9 Å². The van der Waals surface area contributed by atoms with E-state index in [1.54, 1.807) is 18.0 Å². The molecule has 6 nitrogen and oxygen atoms in total. The summed E-state index contributed by atoms with van der Waals surface area (Å²) in [4.78, 5) is 0. The number of thioether (sulfide) groups is 1. The molecule has 2 aromatic heterocycles. The molecule has 152 valence electrons. The lowest BCUT2D eigenvalue weighted by Crippen LogP contribution is -2.13. The highest BCUT2D eigenvalue weighted by atomic mass is 35.5. The highest BCUT2D eigenvalue weighted by Crippen LogP contribution is 2.37. The zero-order valence-electron chi connectivity index (χ0n) is 16.2. The maximum Gasteiger partial charge on any atom is 0.196 e. The average Bonchev–Trinajstić information content (AvgIpc) is 3.38. The fourth-order valence-corrected chi connectivity index (χ4v) is 4.65. The van der Waals surface area contributed by atoms with Gasteiger partial charge in [-0.3, -0.25) is 4.57 Å². The Labute approximate surface area is 182 Å². The highest BCUT2D eigenvalue weighted by Gasteiger charge is 2.21. The second-order valence-electron chi connectivity index (χ2n) is 6.82. The number of hydrogen-bond acceptors (Lipinski definition) is 6. The first kappa shape index (κ1) is 19.2. The van der Waals surface area contributed by atoms with Gasteiger partial charge in [-0.15, -0.1) is 10.2 Å². The summed E-state index contributed by atoms with van der Waals surface area (Å²) in [5.74, 6) is 3.02. The van der Waals surface area contributed by atoms with Crippen LogP contribution in [-0.2, 0) is 17.1 Å². The molecule has 4 aromatic rings. The van der Waals surface area contributed by atoms with Gasteiger partial charge in [0.05, 0.1) is 18.4 Å². The van der Waals surface area contributed by atoms with Crippen LogP contribution in [0.5, 0.6) is 5.75 Å². The first-order valence-electron chi connectivity index (χ1n) is 9.40. The van der Waals surface area contributed by atoms with Gasteiger partial charge in [0.15, 0.2) is 17.8 Å². The number of aryl methyl sites for hydroxylation is 1. The van der Waals surface area contributed by atoms with E-state index in [2.05, 4.69) is 10.2 Å². The third-order valence-corrected chi connectivity index (χ3v) is 6.05. The zero-order valence-corrected chi connectivity index (χ0v) is 17.7. The molecule has 0 aliphatic carbocycles. The molecule has 0 unspecified atom stereocenters. The third-order valence-electron chi connectivity index (χ3n) is 4.86. The minimum atomic E-state index is 0.246. The first-order valence-corrected chi connectivity index (χ1v) is 10.8. The normalized spacial score (nSPS) is 13.1. The molecule has 8 heteroatoms. The molecule has 0 atom stereocenters. The van der Waals surface area contributed by atoms with Crippen LogP contribution in [0, 0.1) is 6.92 Å². The largest absolute Gasteiger partial charge is 0.469 e. The smallest absolute Gasteiger partial charge is 0.196 e. The van der Waals surface area contributed by atoms with E-state index in [-0.39, 0.29) is 6.79 Å². The summed E-state index contributed by atoms with van der Waals surface area (Å²) < 4.78 is 18.7. The van der Waals surface area contributed by atoms with Crippen LogP contribution >= 0.6 is 23.4 Å². The van der Waals surface area contributed by atoms with Gasteiger partial charge in [0.1, 0.15) is 11.5 Å². The van der Waals surface area contributed by atoms with Gasteiger partial charge in [0.25, 0.3) is 0 Å². The van der Waals surface area contributed by atoms with Crippen molar-refractivity contribution < 1.29 is 13.9 Å². The molecular weight excluding hydrogens is 422 g/mol. The fraction of sp³-hybridized carbons (Fsp3) is 0.182. The van der Waals surface area contributed by atoms with Gasteiger partial charge in [0, 0.05) is 27.6 Å². The monoisotopic (exact) mass is 439 g/mol. The van der Waals surface area contributed by atoms with Crippen LogP contribution in [0.15, 0.2) is 64.4 Å². The predicted molar refractivity (Wildman–Crippen MR) is 115 cm³/mol. The van der Waals surface area contributed by atoms with E-state index in [0.717, 1.165) is 44.9 Å². The van der Waals surface area contributed by atoms with E-state index < -0.39 is 0 Å². The molecule has 0 fully saturated rings. The van der Waals surface area contributed by atoms with Crippen molar-refractivity contribution in [2.24, 2.45) is 0 Å². The molecule has 3 heterocycles. The summed E-state index contributed by atoms with van der Waals surface area (Å²) >= 11 is 7.90. The van der Waals surface area contributed by atoms with Crippen LogP contribution in [0.2, 0.25) is 5.02 Å². The van der Waals surface area contributed by atoms with Gasteiger partial charge >= 0.3 is 0 Å². The van der Waals surface area contributed by atoms with Gasteiger partial charge in [-0.05, 0) is 37.3 Å². The number of hydrogen-bond donors (Lipinski definition) is 0. The number of aromatic nitrogens is 3. The molecule has 0 radical (unpaired) electrons. The van der Waals surface area contributed by atoms with Crippen LogP contribution in [0.25, 0.3) is 17.1 Å². The van der Waals surface area contributed by atoms with Crippen molar-refractivity contribution in [2.75, 3.05) is 6.79 Å². The van der Waals surface area contributed by atoms with E-state index in [1.165, 1.54) is 0 Å². The Kier molecular flexibility index (Phi) is 5.25. The highest BCUT2D eigenvalue weighted by molar-refractivity contribution is 7.98. The summed E-state index contributed by atoms with van der Waals surface area (Å²) in [6.45, 7) is 2.66. The Morgan fingerprint density at radius 1 is 1.13 bits per heavy atom. The molecule has 5 rings (SSSR count). The van der Waals surface area contributed by atoms with E-state index in [9.17, 15) is 0 Å². The average molecular weight is 440 g/mol. The Morgan fingerprint density at radius 2 is 2.00 bits per heavy atom. The van der Waals surface area contributed by atoms with Crippen LogP contribution < -0.4 is 4.74 Å². The molecule has 0 spiro atoms. The molecule has 2 aromatic carbocycles. The second-order valence-corrected chi connectivity index (χ2v) is 8.20. The number of para-hydroxylation sites is 1. The second kappa shape index (κ2) is 8.18. The molecule has 0 saturated carbocycles. The molecule has 0 amide bonds. The van der Waals surface area contributed by atoms with Gasteiger partial charge in [0.2, 0.25) is 0 Å². The molecule has 30 heavy (non-hydrogen) atoms. The number of benzene rings is 2. The topological polar surface area (TPSA) is 62.3 Å². The Morgan fingerprint density at radius 3 is 2.80 bits per heavy atom. The van der Waals surface area contributed by atoms with Gasteiger partial charge in [-0.1, -0.05) is 41.6 Å². The van der Waals surface area contributed by atoms with Crippen molar-refractivity contribution in [2.45, 2.75) is 24.4 Å². The van der Waals surface area contributed by atoms with Crippen molar-refractivity contribution in [3.05, 3.63) is 76.7 Å². The summed E-state index contributed by atoms with van der Waals surface area (Å²) in [7, 11) is 0. The van der Waals surface area contributed by atoms with Gasteiger partial charge in [-0.2, -0.15) is 0 Å². The van der Waals surface area contributed by atoms with E-state index in [0.29, 0.717) is 17.4 Å². The minimum absolute atomic E-state index is 0.246. The zero-order chi connectivity index (χ0) is 20.5. The van der Waals surface area contributed by atoms with Crippen molar-refractivity contribution in [3.63, 3.8) is 0 Å². The number of rotatable bonds is 5. The number of fused-ring (bicyclic) bond motifs is 1. The summed E-state index contributed by atoms with van der Waals surface area (Å²) in [6, 6.07) is 15.8. The summed E-state index contributed by atoms with van der Waals surface area (Å²) in [5, 5.41) is 10.4. The predicted octanol–water partition coefficient (Wildman–Crippen LogP) is 5.65. The number of furan rings is 1. The standard InChI is InChI=1S/C22H18ClN3O3S/c1-14-19(7-8-28-14)21-24-25-22(26(21)18-5-3-2-4-6-18)30-12-16-10-17(23)9-15-11-27-13-29-20(15)16/h2-10H,11-13H2,1H3. The minimum Gasteiger partial charge on any atom is -0.469 e. The molecular formula is C22H18ClN3O3S. The summed E-state index contributed by atoms with van der Waals surface area (Å²) in [5.41, 5.74) is 3.87. The van der Waals surface area contributed by atoms with Crippen molar-refractivity contribution >= 4 is 23.4 Å². The van der Waals surface area contributed by atoms with E-state index in [4.69, 9.17) is 25.5 Å². The molecule has 1 aliphatic rings. The summed E-state index contributed by atoms with van der Waals surface area (Å²) in [6.07, 6.45) is 1.67. The lowest BCUT2D eigenvalue weighted by Gasteiger charge is -2.21. The number of ether oxygens (including phenoxy) is 2. The third kappa shape index (κ3) is 3.60. The van der Waals surface area contributed by atoms with Crippen molar-refractivity contribution in [3.8, 4) is 22.8 Å². The molecule has 0 bridgehead atoms. The Bertz CT molecular complexity index is 1190. The molecule has 1 aliphatic heterocycles. The lowest BCUT2D eigenvalue weighted by molar-refractivity contribution is -0.0168. The van der Waals surface area contributed by atoms with Crippen LogP contribution in [-0.4, -0.2) is 21.6 Å². The number of halogens is 1. The van der Waals surface area contributed by atoms with Gasteiger partial charge < -0.3 is 13.9 Å². The Balaban J connectivity index is 1.53. The van der Waals surface area contributed by atoms with E-state index >= 15 is 0 Å². The fourth-order valence-electron chi connectivity index (χ4n) is 3.47. The maximum atomic E-state index is 6.32. The van der Waals surface area contributed by atoms with Crippen molar-refractivity contribution in [1.82, 2.24) is 14.8 Å². The molecule has 0 saturated heterocycles. The quantitative estimate of drug-likeness (QED) is 0.374. The van der Waals surface area contributed by atoms with Crippen molar-refractivity contribution in [1.29, 1.82) is 0 Å². The van der Waals surface area contributed by atoms with Gasteiger partial charge in [-0.25, -0.2) is 0 Å². The molecule has 0 N–H and O–H groups in total. The maximum absolute atomic E-state index is 6.32. The Hall–Kier alpha value is -2.74. The number of nitrogens with zero attached hydrogens (tertiary/aromatic N) is 3. The van der Waals surface area contributed by atoms with Crippen LogP contribution in [0.3, 0.4) is 0 Å². The SMILES string of the molecule is Cc1occc1-c1nnc(SCc2cc(Cl)cc3c2OCOC3)n1-c1ccccc1. The van der Waals surface area contributed by atoms with Crippen LogP contribution in [0.4, 0.5) is 0 Å². The van der Waals surface area contributed by atoms with E-state index in [1.807, 2.05) is 60.0 Å². The lowest BCUT2D eigenvalue weighted by atomic mass is 10.1. The first-order chi connectivity index (χ1) is 14.7.